The zero-order chi connectivity index (χ0) is 21.1. The van der Waals surface area contributed by atoms with Crippen molar-refractivity contribution in [2.24, 2.45) is 5.73 Å². The average molecular weight is 554 g/mol. The van der Waals surface area contributed by atoms with E-state index in [4.69, 9.17) is 17.3 Å². The van der Waals surface area contributed by atoms with Gasteiger partial charge in [0.15, 0.2) is 0 Å². The lowest BCUT2D eigenvalue weighted by Gasteiger charge is -2.32. The van der Waals surface area contributed by atoms with Crippen LogP contribution in [0.3, 0.4) is 0 Å². The number of nitrogens with two attached hydrogens (primary N) is 1. The number of nitrogens with zero attached hydrogens (tertiary/aromatic N) is 4. The molecule has 0 saturated carbocycles. The number of thiophene rings is 1. The minimum atomic E-state index is -0.435. The highest BCUT2D eigenvalue weighted by atomic mass is 35.5. The van der Waals surface area contributed by atoms with Crippen molar-refractivity contribution in [3.8, 4) is 10.6 Å². The summed E-state index contributed by atoms with van der Waals surface area (Å²) in [5.74, 6) is 0.137. The molecular formula is C21H28Cl4N6OS. The second kappa shape index (κ2) is 13.5. The van der Waals surface area contributed by atoms with Gasteiger partial charge in [-0.2, -0.15) is 0 Å². The zero-order valence-electron chi connectivity index (χ0n) is 18.1. The van der Waals surface area contributed by atoms with Crippen molar-refractivity contribution in [2.45, 2.75) is 6.42 Å². The van der Waals surface area contributed by atoms with Crippen LogP contribution in [0.4, 0.5) is 5.95 Å². The number of primary amides is 1. The Kier molecular flexibility index (Phi) is 12.1. The molecule has 3 N–H and O–H groups in total. The second-order valence-corrected chi connectivity index (χ2v) is 9.03. The Bertz CT molecular complexity index is 1060. The van der Waals surface area contributed by atoms with Gasteiger partial charge in [0.1, 0.15) is 5.69 Å². The predicted octanol–water partition coefficient (Wildman–Crippen LogP) is 4.43. The standard InChI is InChI=1S/C21H25ClN6OS.3ClH/c1-27-7-9-28(10-8-27)6-2-5-24-21-25-13-16(22)19(26-21)18-11-14-3-4-15(20(23)29)12-17(14)30-18;;;/h3-4,11-13H,2,5-10H2,1H3,(H2,23,29)(H,24,25,26);3*1H. The highest BCUT2D eigenvalue weighted by Crippen LogP contribution is 2.36. The number of hydrogen-bond donors (Lipinski definition) is 2. The molecule has 1 aliphatic heterocycles. The average Bonchev–Trinajstić information content (AvgIpc) is 3.16. The van der Waals surface area contributed by atoms with Crippen LogP contribution in [0.15, 0.2) is 30.5 Å². The minimum absolute atomic E-state index is 0. The number of halogens is 4. The summed E-state index contributed by atoms with van der Waals surface area (Å²) in [4.78, 5) is 26.2. The van der Waals surface area contributed by atoms with Crippen molar-refractivity contribution in [3.05, 3.63) is 41.0 Å². The molecule has 1 saturated heterocycles. The Hall–Kier alpha value is -1.39. The van der Waals surface area contributed by atoms with E-state index in [1.165, 1.54) is 11.3 Å². The molecule has 3 aromatic rings. The van der Waals surface area contributed by atoms with Crippen LogP contribution in [-0.2, 0) is 0 Å². The summed E-state index contributed by atoms with van der Waals surface area (Å²) >= 11 is 7.92. The van der Waals surface area contributed by atoms with E-state index in [1.807, 2.05) is 12.1 Å². The molecule has 4 rings (SSSR count). The molecule has 0 bridgehead atoms. The maximum absolute atomic E-state index is 11.4. The monoisotopic (exact) mass is 552 g/mol. The van der Waals surface area contributed by atoms with Crippen LogP contribution in [0.25, 0.3) is 20.7 Å². The number of carbonyl (C=O) groups is 1. The van der Waals surface area contributed by atoms with Crippen LogP contribution >= 0.6 is 60.2 Å². The fourth-order valence-corrected chi connectivity index (χ4v) is 4.86. The Labute approximate surface area is 221 Å². The number of nitrogens with one attached hydrogen (secondary N) is 1. The van der Waals surface area contributed by atoms with Gasteiger partial charge in [-0.25, -0.2) is 9.97 Å². The zero-order valence-corrected chi connectivity index (χ0v) is 22.1. The van der Waals surface area contributed by atoms with Gasteiger partial charge in [-0.3, -0.25) is 4.79 Å². The predicted molar refractivity (Wildman–Crippen MR) is 145 cm³/mol. The third kappa shape index (κ3) is 7.55. The molecule has 1 aromatic carbocycles. The quantitative estimate of drug-likeness (QED) is 0.421. The smallest absolute Gasteiger partial charge is 0.248 e. The van der Waals surface area contributed by atoms with Crippen LogP contribution in [0.1, 0.15) is 16.8 Å². The summed E-state index contributed by atoms with van der Waals surface area (Å²) < 4.78 is 0.970. The molecule has 0 atom stereocenters. The van der Waals surface area contributed by atoms with Gasteiger partial charge in [0.2, 0.25) is 11.9 Å². The molecule has 7 nitrogen and oxygen atoms in total. The van der Waals surface area contributed by atoms with Gasteiger partial charge in [-0.1, -0.05) is 17.7 Å². The SMILES string of the molecule is CN1CCN(CCCNc2ncc(Cl)c(-c3cc4ccc(C(N)=O)cc4s3)n2)CC1.Cl.Cl.Cl. The van der Waals surface area contributed by atoms with Crippen molar-refractivity contribution < 1.29 is 4.79 Å². The van der Waals surface area contributed by atoms with E-state index in [-0.39, 0.29) is 37.2 Å². The van der Waals surface area contributed by atoms with Crippen molar-refractivity contribution in [1.82, 2.24) is 19.8 Å². The molecule has 1 aliphatic rings. The Morgan fingerprint density at radius 2 is 1.91 bits per heavy atom. The van der Waals surface area contributed by atoms with E-state index in [0.717, 1.165) is 60.7 Å². The summed E-state index contributed by atoms with van der Waals surface area (Å²) in [5.41, 5.74) is 6.57. The fraction of sp³-hybridized carbons (Fsp3) is 0.381. The number of aromatic nitrogens is 2. The van der Waals surface area contributed by atoms with E-state index < -0.39 is 5.91 Å². The summed E-state index contributed by atoms with van der Waals surface area (Å²) in [5, 5.41) is 4.84. The van der Waals surface area contributed by atoms with Crippen LogP contribution in [0, 0.1) is 0 Å². The molecule has 0 unspecified atom stereocenters. The largest absolute Gasteiger partial charge is 0.366 e. The Morgan fingerprint density at radius 3 is 2.61 bits per heavy atom. The van der Waals surface area contributed by atoms with E-state index in [2.05, 4.69) is 32.1 Å². The number of hydrogen-bond acceptors (Lipinski definition) is 7. The molecule has 1 fully saturated rings. The molecule has 2 aromatic heterocycles. The summed E-state index contributed by atoms with van der Waals surface area (Å²) in [7, 11) is 2.17. The van der Waals surface area contributed by atoms with Crippen LogP contribution in [0.2, 0.25) is 5.02 Å². The van der Waals surface area contributed by atoms with E-state index in [1.54, 1.807) is 18.3 Å². The van der Waals surface area contributed by atoms with Gasteiger partial charge in [0.05, 0.1) is 16.1 Å². The lowest BCUT2D eigenvalue weighted by atomic mass is 10.1. The second-order valence-electron chi connectivity index (χ2n) is 7.54. The third-order valence-electron chi connectivity index (χ3n) is 5.31. The van der Waals surface area contributed by atoms with E-state index in [9.17, 15) is 4.79 Å². The van der Waals surface area contributed by atoms with Gasteiger partial charge >= 0.3 is 0 Å². The molecule has 33 heavy (non-hydrogen) atoms. The van der Waals surface area contributed by atoms with Crippen LogP contribution in [-0.4, -0.2) is 72.0 Å². The number of fused-ring (bicyclic) bond motifs is 1. The molecule has 0 spiro atoms. The number of benzene rings is 1. The van der Waals surface area contributed by atoms with Crippen molar-refractivity contribution in [2.75, 3.05) is 51.6 Å². The Balaban J connectivity index is 0.00000181. The fourth-order valence-electron chi connectivity index (χ4n) is 3.50. The molecular weight excluding hydrogens is 526 g/mol. The van der Waals surface area contributed by atoms with Crippen LogP contribution < -0.4 is 11.1 Å². The van der Waals surface area contributed by atoms with Gasteiger partial charge in [-0.15, -0.1) is 48.6 Å². The first-order chi connectivity index (χ1) is 14.5. The highest BCUT2D eigenvalue weighted by Gasteiger charge is 2.14. The molecule has 3 heterocycles. The minimum Gasteiger partial charge on any atom is -0.366 e. The van der Waals surface area contributed by atoms with Crippen LogP contribution in [0.5, 0.6) is 0 Å². The number of likely N-dealkylation sites (N-methyl/N-ethyl adjacent to an activating group) is 1. The summed E-state index contributed by atoms with van der Waals surface area (Å²) in [6, 6.07) is 7.45. The molecule has 1 amide bonds. The van der Waals surface area contributed by atoms with Gasteiger partial charge in [0.25, 0.3) is 0 Å². The van der Waals surface area contributed by atoms with Gasteiger partial charge < -0.3 is 20.9 Å². The van der Waals surface area contributed by atoms with Crippen molar-refractivity contribution in [1.29, 1.82) is 0 Å². The molecule has 12 heteroatoms. The number of amides is 1. The van der Waals surface area contributed by atoms with E-state index >= 15 is 0 Å². The number of rotatable bonds is 7. The number of piperazine rings is 1. The molecule has 182 valence electrons. The molecule has 0 aliphatic carbocycles. The first-order valence-electron chi connectivity index (χ1n) is 10.0. The highest BCUT2D eigenvalue weighted by molar-refractivity contribution is 7.22. The lowest BCUT2D eigenvalue weighted by molar-refractivity contribution is 0.100. The number of anilines is 1. The lowest BCUT2D eigenvalue weighted by Crippen LogP contribution is -2.44. The first-order valence-corrected chi connectivity index (χ1v) is 11.2. The topological polar surface area (TPSA) is 87.4 Å². The third-order valence-corrected chi connectivity index (χ3v) is 6.69. The van der Waals surface area contributed by atoms with E-state index in [0.29, 0.717) is 22.2 Å². The maximum atomic E-state index is 11.4. The van der Waals surface area contributed by atoms with Gasteiger partial charge in [-0.05, 0) is 43.6 Å². The first kappa shape index (κ1) is 29.6. The van der Waals surface area contributed by atoms with Gasteiger partial charge in [0, 0.05) is 43.0 Å². The van der Waals surface area contributed by atoms with Crippen molar-refractivity contribution in [3.63, 3.8) is 0 Å². The normalized spacial score (nSPS) is 14.1. The summed E-state index contributed by atoms with van der Waals surface area (Å²) in [6.45, 7) is 6.39. The molecule has 0 radical (unpaired) electrons. The maximum Gasteiger partial charge on any atom is 0.248 e. The van der Waals surface area contributed by atoms with Crippen molar-refractivity contribution >= 4 is 82.1 Å². The summed E-state index contributed by atoms with van der Waals surface area (Å²) in [6.07, 6.45) is 2.66. The number of carbonyl (C=O) groups excluding carboxylic acids is 1. The Morgan fingerprint density at radius 1 is 1.18 bits per heavy atom.